The molecule has 9 nitrogen and oxygen atoms in total. The van der Waals surface area contributed by atoms with Crippen molar-refractivity contribution in [3.05, 3.63) is 381 Å². The molecule has 0 aliphatic carbocycles. The van der Waals surface area contributed by atoms with Crippen molar-refractivity contribution in [3.63, 3.8) is 0 Å². The molecule has 0 fully saturated rings. The molecule has 21 rings (SSSR count). The van der Waals surface area contributed by atoms with Crippen LogP contribution >= 0.6 is 12.4 Å². The monoisotopic (exact) mass is 1810 g/mol. The number of anilines is 12. The van der Waals surface area contributed by atoms with E-state index in [9.17, 15) is 0 Å². The van der Waals surface area contributed by atoms with Crippen LogP contribution in [0.3, 0.4) is 0 Å². The second-order valence-corrected chi connectivity index (χ2v) is 28.3. The van der Waals surface area contributed by atoms with Gasteiger partial charge in [0.05, 0.1) is 0 Å². The van der Waals surface area contributed by atoms with Gasteiger partial charge in [-0.25, -0.2) is 0 Å². The number of furan rings is 3. The molecule has 3 aliphatic heterocycles. The zero-order chi connectivity index (χ0) is 72.7. The number of hydrogen-bond acceptors (Lipinski definition) is 9. The van der Waals surface area contributed by atoms with Crippen molar-refractivity contribution in [3.8, 4) is 33.4 Å². The predicted molar refractivity (Wildman–Crippen MR) is 454 cm³/mol. The van der Waals surface area contributed by atoms with Crippen molar-refractivity contribution in [1.29, 1.82) is 0 Å². The first-order valence-electron chi connectivity index (χ1n) is 36.6. The number of para-hydroxylation sites is 9. The standard InChI is InChI=1S/3C33H24N2O.ClH.2Ir/c3*1-22-17-23(2)19-26(18-22)35-21-34(25-9-4-3-5-10-25)31-20-24(15-16-30(31)35)27-12-8-13-29-28-11-6-7-14-32(28)36-33(27)29;;;/h2*3-9,11-21H,1-2H3;3-18,20-21H,1-2H3;1H;;/q3*-2;;;. The Kier molecular flexibility index (Phi) is 20.1. The molecule has 0 spiro atoms. The van der Waals surface area contributed by atoms with E-state index in [4.69, 9.17) is 13.3 Å². The molecule has 2 radical (unpaired) electrons. The summed E-state index contributed by atoms with van der Waals surface area (Å²) in [5.41, 5.74) is 32.7. The Labute approximate surface area is 679 Å². The smallest absolute Gasteiger partial charge is 0.143 e. The van der Waals surface area contributed by atoms with E-state index in [1.165, 1.54) is 27.8 Å². The number of hydrogen-bond donors (Lipinski definition) is 0. The Balaban J connectivity index is 0.000000125. The van der Waals surface area contributed by atoms with Gasteiger partial charge < -0.3 is 42.7 Å². The van der Waals surface area contributed by atoms with Crippen molar-refractivity contribution < 1.29 is 53.5 Å². The molecule has 548 valence electrons. The molecule has 111 heavy (non-hydrogen) atoms. The van der Waals surface area contributed by atoms with Gasteiger partial charge in [-0.15, -0.1) is 55.5 Å². The van der Waals surface area contributed by atoms with E-state index in [0.717, 1.165) is 173 Å². The fourth-order valence-electron chi connectivity index (χ4n) is 15.9. The van der Waals surface area contributed by atoms with Gasteiger partial charge in [-0.1, -0.05) is 172 Å². The summed E-state index contributed by atoms with van der Waals surface area (Å²) >= 11 is 0. The van der Waals surface area contributed by atoms with Gasteiger partial charge in [-0.05, 0) is 158 Å². The number of benzene rings is 15. The average molecular weight is 1810 g/mol. The third-order valence-corrected chi connectivity index (χ3v) is 20.6. The van der Waals surface area contributed by atoms with Crippen molar-refractivity contribution >= 4 is 146 Å². The number of fused-ring (bicyclic) bond motifs is 12. The Hall–Kier alpha value is -11.9. The van der Waals surface area contributed by atoms with Gasteiger partial charge in [-0.2, -0.15) is 83.9 Å². The molecular formula is C99H73ClIr2N6O3-6. The first-order chi connectivity index (χ1) is 53.0. The van der Waals surface area contributed by atoms with E-state index in [1.807, 2.05) is 60.7 Å². The Morgan fingerprint density at radius 2 is 0.595 bits per heavy atom. The van der Waals surface area contributed by atoms with Crippen molar-refractivity contribution in [2.24, 2.45) is 0 Å². The molecule has 18 aromatic rings. The van der Waals surface area contributed by atoms with Crippen molar-refractivity contribution in [2.75, 3.05) is 29.4 Å². The molecule has 0 bridgehead atoms. The van der Waals surface area contributed by atoms with E-state index >= 15 is 0 Å². The Bertz CT molecular complexity index is 5830. The van der Waals surface area contributed by atoms with E-state index in [-0.39, 0.29) is 52.6 Å². The quantitative estimate of drug-likeness (QED) is 0.132. The number of rotatable bonds is 9. The minimum absolute atomic E-state index is 0. The Morgan fingerprint density at radius 1 is 0.261 bits per heavy atom. The molecule has 0 atom stereocenters. The molecule has 12 heteroatoms. The van der Waals surface area contributed by atoms with Crippen LogP contribution in [0, 0.1) is 79.7 Å². The molecule has 0 amide bonds. The van der Waals surface area contributed by atoms with Gasteiger partial charge in [0.25, 0.3) is 0 Å². The summed E-state index contributed by atoms with van der Waals surface area (Å²) in [5.74, 6) is 0. The second-order valence-electron chi connectivity index (χ2n) is 28.3. The van der Waals surface area contributed by atoms with Gasteiger partial charge in [0.15, 0.2) is 0 Å². The molecule has 15 aromatic carbocycles. The van der Waals surface area contributed by atoms with Crippen molar-refractivity contribution in [1.82, 2.24) is 0 Å². The zero-order valence-electron chi connectivity index (χ0n) is 61.7. The fourth-order valence-corrected chi connectivity index (χ4v) is 15.9. The summed E-state index contributed by atoms with van der Waals surface area (Å²) in [5, 5.41) is 6.85. The largest absolute Gasteiger partial charge is 0.493 e. The van der Waals surface area contributed by atoms with Crippen LogP contribution in [0.1, 0.15) is 33.4 Å². The van der Waals surface area contributed by atoms with Crippen LogP contribution in [0.2, 0.25) is 0 Å². The third-order valence-electron chi connectivity index (χ3n) is 20.6. The maximum Gasteiger partial charge on any atom is 0.143 e. The van der Waals surface area contributed by atoms with Gasteiger partial charge in [0.2, 0.25) is 0 Å². The fraction of sp³-hybridized carbons (Fsp3) is 0.0606. The topological polar surface area (TPSA) is 58.9 Å². The van der Waals surface area contributed by atoms with Crippen LogP contribution in [0.5, 0.6) is 0 Å². The normalized spacial score (nSPS) is 12.7. The van der Waals surface area contributed by atoms with Crippen LogP contribution < -0.4 is 29.4 Å². The minimum Gasteiger partial charge on any atom is -0.493 e. The van der Waals surface area contributed by atoms with Crippen LogP contribution in [0.15, 0.2) is 323 Å². The molecule has 0 unspecified atom stereocenters. The van der Waals surface area contributed by atoms with Crippen LogP contribution in [0.25, 0.3) is 99.2 Å². The summed E-state index contributed by atoms with van der Waals surface area (Å²) in [6.07, 6.45) is 0. The average Bonchev–Trinajstić information content (AvgIpc) is 1.62. The minimum atomic E-state index is 0. The molecule has 0 saturated heterocycles. The summed E-state index contributed by atoms with van der Waals surface area (Å²) < 4.78 is 19.0. The summed E-state index contributed by atoms with van der Waals surface area (Å²) in [4.78, 5) is 13.4. The molecule has 3 aliphatic rings. The van der Waals surface area contributed by atoms with Gasteiger partial charge >= 0.3 is 0 Å². The zero-order valence-corrected chi connectivity index (χ0v) is 67.3. The third kappa shape index (κ3) is 13.6. The first-order valence-corrected chi connectivity index (χ1v) is 36.6. The van der Waals surface area contributed by atoms with Gasteiger partial charge in [-0.3, -0.25) is 0 Å². The van der Waals surface area contributed by atoms with Gasteiger partial charge in [0, 0.05) is 140 Å². The van der Waals surface area contributed by atoms with E-state index in [0.29, 0.717) is 0 Å². The Morgan fingerprint density at radius 3 is 0.982 bits per heavy atom. The predicted octanol–water partition coefficient (Wildman–Crippen LogP) is 27.7. The SMILES string of the molecule is Cc1[c-]c(N2[CH-]N(c3ccccc3)c3cc(-c4cccc5c4oc4ccccc45)ccc32)cc(C)c1.Cc1cc(C)cc(N2[CH-]N(c3[c-]cccc3)c3cc(-c4cccc5c4oc4ccccc45)ccc32)c1.Cc1cc(C)cc(N2[CH-]N(c3[c-]cccc3)c3cc(-c4cccc5c4oc4ccccc45)ccc32)c1.Cl.[Ir].[Ir]. The van der Waals surface area contributed by atoms with E-state index in [2.05, 4.69) is 358 Å². The maximum atomic E-state index is 6.35. The van der Waals surface area contributed by atoms with Crippen LogP contribution in [-0.2, 0) is 40.2 Å². The molecular weight excluding hydrogens is 1740 g/mol. The maximum absolute atomic E-state index is 6.35. The van der Waals surface area contributed by atoms with E-state index in [1.54, 1.807) is 0 Å². The summed E-state index contributed by atoms with van der Waals surface area (Å²) in [7, 11) is 0. The number of halogens is 1. The van der Waals surface area contributed by atoms with Crippen LogP contribution in [0.4, 0.5) is 68.2 Å². The summed E-state index contributed by atoms with van der Waals surface area (Å²) in [6.45, 7) is 19.3. The first kappa shape index (κ1) is 73.2. The molecule has 6 heterocycles. The molecule has 0 saturated carbocycles. The van der Waals surface area contributed by atoms with Crippen molar-refractivity contribution in [2.45, 2.75) is 41.5 Å². The number of nitrogens with zero attached hydrogens (tertiary/aromatic N) is 6. The van der Waals surface area contributed by atoms with Crippen LogP contribution in [-0.4, -0.2) is 0 Å². The summed E-state index contributed by atoms with van der Waals surface area (Å²) in [6, 6.07) is 119. The van der Waals surface area contributed by atoms with Gasteiger partial charge in [0.1, 0.15) is 33.5 Å². The van der Waals surface area contributed by atoms with E-state index < -0.39 is 0 Å². The molecule has 3 aromatic heterocycles. The molecule has 0 N–H and O–H groups in total. The second kappa shape index (κ2) is 30.5. The number of aryl methyl sites for hydroxylation is 6.